The Balaban J connectivity index is 1.87. The molecule has 0 bridgehead atoms. The van der Waals surface area contributed by atoms with E-state index in [1.165, 1.54) is 12.1 Å². The van der Waals surface area contributed by atoms with Crippen molar-refractivity contribution in [1.29, 1.82) is 0 Å². The summed E-state index contributed by atoms with van der Waals surface area (Å²) in [4.78, 5) is 0. The third-order valence-corrected chi connectivity index (χ3v) is 3.71. The van der Waals surface area contributed by atoms with Gasteiger partial charge < -0.3 is 10.1 Å². The van der Waals surface area contributed by atoms with Gasteiger partial charge in [0.15, 0.2) is 0 Å². The average Bonchev–Trinajstić information content (AvgIpc) is 2.81. The van der Waals surface area contributed by atoms with Gasteiger partial charge in [0.1, 0.15) is 0 Å². The lowest BCUT2D eigenvalue weighted by molar-refractivity contribution is -0.137. The van der Waals surface area contributed by atoms with E-state index in [1.807, 2.05) is 6.92 Å². The Morgan fingerprint density at radius 2 is 1.90 bits per heavy atom. The van der Waals surface area contributed by atoms with Crippen LogP contribution in [0.1, 0.15) is 43.9 Å². The van der Waals surface area contributed by atoms with Gasteiger partial charge in [-0.3, -0.25) is 0 Å². The molecule has 2 rings (SSSR count). The molecule has 20 heavy (non-hydrogen) atoms. The SMILES string of the molecule is CC1CCC(CNC(C)c2ccc(C(F)(F)F)cc2)O1. The first-order valence-electron chi connectivity index (χ1n) is 6.92. The van der Waals surface area contributed by atoms with E-state index in [2.05, 4.69) is 12.2 Å². The number of hydrogen-bond acceptors (Lipinski definition) is 2. The fourth-order valence-electron chi connectivity index (χ4n) is 2.42. The van der Waals surface area contributed by atoms with E-state index in [1.54, 1.807) is 0 Å². The molecule has 0 radical (unpaired) electrons. The van der Waals surface area contributed by atoms with Crippen LogP contribution in [0, 0.1) is 0 Å². The molecule has 1 aromatic carbocycles. The van der Waals surface area contributed by atoms with Crippen molar-refractivity contribution in [2.75, 3.05) is 6.54 Å². The predicted molar refractivity (Wildman–Crippen MR) is 71.4 cm³/mol. The maximum atomic E-state index is 12.5. The van der Waals surface area contributed by atoms with Crippen molar-refractivity contribution < 1.29 is 17.9 Å². The summed E-state index contributed by atoms with van der Waals surface area (Å²) in [5.41, 5.74) is 0.241. The predicted octanol–water partition coefficient (Wildman–Crippen LogP) is 3.92. The summed E-state index contributed by atoms with van der Waals surface area (Å²) >= 11 is 0. The van der Waals surface area contributed by atoms with Gasteiger partial charge in [0.05, 0.1) is 17.8 Å². The van der Waals surface area contributed by atoms with E-state index in [0.717, 1.165) is 37.1 Å². The van der Waals surface area contributed by atoms with Crippen LogP contribution in [0.4, 0.5) is 13.2 Å². The zero-order valence-electron chi connectivity index (χ0n) is 11.7. The largest absolute Gasteiger partial charge is 0.416 e. The maximum absolute atomic E-state index is 12.5. The lowest BCUT2D eigenvalue weighted by Gasteiger charge is -2.18. The van der Waals surface area contributed by atoms with E-state index in [9.17, 15) is 13.2 Å². The first-order valence-corrected chi connectivity index (χ1v) is 6.92. The van der Waals surface area contributed by atoms with Gasteiger partial charge in [0, 0.05) is 12.6 Å². The molecule has 1 aromatic rings. The zero-order chi connectivity index (χ0) is 14.8. The quantitative estimate of drug-likeness (QED) is 0.906. The van der Waals surface area contributed by atoms with Crippen LogP contribution in [0.15, 0.2) is 24.3 Å². The van der Waals surface area contributed by atoms with Gasteiger partial charge in [-0.25, -0.2) is 0 Å². The first-order chi connectivity index (χ1) is 9.36. The number of ether oxygens (including phenoxy) is 1. The summed E-state index contributed by atoms with van der Waals surface area (Å²) in [6, 6.07) is 5.32. The fourth-order valence-corrected chi connectivity index (χ4v) is 2.42. The van der Waals surface area contributed by atoms with Gasteiger partial charge in [-0.15, -0.1) is 0 Å². The highest BCUT2D eigenvalue weighted by Gasteiger charge is 2.30. The molecule has 0 aliphatic carbocycles. The van der Waals surface area contributed by atoms with Crippen LogP contribution in [0.5, 0.6) is 0 Å². The van der Waals surface area contributed by atoms with Gasteiger partial charge in [0.2, 0.25) is 0 Å². The van der Waals surface area contributed by atoms with Gasteiger partial charge in [-0.1, -0.05) is 12.1 Å². The van der Waals surface area contributed by atoms with Crippen LogP contribution in [-0.2, 0) is 10.9 Å². The van der Waals surface area contributed by atoms with Gasteiger partial charge in [-0.2, -0.15) is 13.2 Å². The van der Waals surface area contributed by atoms with E-state index in [-0.39, 0.29) is 12.1 Å². The van der Waals surface area contributed by atoms with Crippen LogP contribution in [0.25, 0.3) is 0 Å². The van der Waals surface area contributed by atoms with Crippen LogP contribution in [-0.4, -0.2) is 18.8 Å². The lowest BCUT2D eigenvalue weighted by atomic mass is 10.1. The molecule has 1 aliphatic rings. The van der Waals surface area contributed by atoms with Crippen LogP contribution < -0.4 is 5.32 Å². The molecule has 0 spiro atoms. The number of alkyl halides is 3. The second-order valence-corrected chi connectivity index (χ2v) is 5.40. The number of halogens is 3. The summed E-state index contributed by atoms with van der Waals surface area (Å²) in [6.07, 6.45) is -1.65. The van der Waals surface area contributed by atoms with Crippen molar-refractivity contribution in [2.24, 2.45) is 0 Å². The molecule has 0 aromatic heterocycles. The Kier molecular flexibility index (Phi) is 4.70. The van der Waals surface area contributed by atoms with E-state index < -0.39 is 11.7 Å². The Bertz CT molecular complexity index is 430. The van der Waals surface area contributed by atoms with Crippen LogP contribution in [0.2, 0.25) is 0 Å². The second-order valence-electron chi connectivity index (χ2n) is 5.40. The van der Waals surface area contributed by atoms with Crippen molar-refractivity contribution in [1.82, 2.24) is 5.32 Å². The number of nitrogens with one attached hydrogen (secondary N) is 1. The molecule has 1 aliphatic heterocycles. The van der Waals surface area contributed by atoms with Crippen LogP contribution in [0.3, 0.4) is 0 Å². The molecule has 112 valence electrons. The molecule has 1 fully saturated rings. The highest BCUT2D eigenvalue weighted by molar-refractivity contribution is 5.26. The summed E-state index contributed by atoms with van der Waals surface area (Å²) in [5, 5.41) is 3.31. The molecule has 0 saturated carbocycles. The van der Waals surface area contributed by atoms with Crippen LogP contribution >= 0.6 is 0 Å². The van der Waals surface area contributed by atoms with Gasteiger partial charge in [-0.05, 0) is 44.4 Å². The normalized spacial score (nSPS) is 24.9. The lowest BCUT2D eigenvalue weighted by Crippen LogP contribution is -2.29. The topological polar surface area (TPSA) is 21.3 Å². The monoisotopic (exact) mass is 287 g/mol. The Morgan fingerprint density at radius 1 is 1.25 bits per heavy atom. The fraction of sp³-hybridized carbons (Fsp3) is 0.600. The number of benzene rings is 1. The smallest absolute Gasteiger partial charge is 0.374 e. The Hall–Kier alpha value is -1.07. The highest BCUT2D eigenvalue weighted by atomic mass is 19.4. The second kappa shape index (κ2) is 6.14. The van der Waals surface area contributed by atoms with Crippen molar-refractivity contribution in [3.63, 3.8) is 0 Å². The van der Waals surface area contributed by atoms with E-state index in [4.69, 9.17) is 4.74 Å². The molecule has 3 atom stereocenters. The minimum atomic E-state index is -4.27. The van der Waals surface area contributed by atoms with Crippen molar-refractivity contribution >= 4 is 0 Å². The molecule has 3 unspecified atom stereocenters. The Morgan fingerprint density at radius 3 is 2.40 bits per heavy atom. The Labute approximate surface area is 117 Å². The maximum Gasteiger partial charge on any atom is 0.416 e. The standard InChI is InChI=1S/C15H20F3NO/c1-10-3-8-14(20-10)9-19-11(2)12-4-6-13(7-5-12)15(16,17)18/h4-7,10-11,14,19H,3,8-9H2,1-2H3. The molecular weight excluding hydrogens is 267 g/mol. The molecule has 1 saturated heterocycles. The average molecular weight is 287 g/mol. The zero-order valence-corrected chi connectivity index (χ0v) is 11.7. The first kappa shape index (κ1) is 15.3. The van der Waals surface area contributed by atoms with E-state index >= 15 is 0 Å². The number of hydrogen-bond donors (Lipinski definition) is 1. The third-order valence-electron chi connectivity index (χ3n) is 3.71. The molecule has 2 nitrogen and oxygen atoms in total. The van der Waals surface area contributed by atoms with Crippen molar-refractivity contribution in [3.8, 4) is 0 Å². The molecule has 0 amide bonds. The summed E-state index contributed by atoms with van der Waals surface area (Å²) in [6.45, 7) is 4.73. The highest BCUT2D eigenvalue weighted by Crippen LogP contribution is 2.30. The third kappa shape index (κ3) is 3.96. The molecule has 5 heteroatoms. The summed E-state index contributed by atoms with van der Waals surface area (Å²) in [5.74, 6) is 0. The summed E-state index contributed by atoms with van der Waals surface area (Å²) in [7, 11) is 0. The van der Waals surface area contributed by atoms with Crippen molar-refractivity contribution in [2.45, 2.75) is 51.1 Å². The molecule has 1 heterocycles. The van der Waals surface area contributed by atoms with E-state index in [0.29, 0.717) is 6.10 Å². The number of rotatable bonds is 4. The minimum Gasteiger partial charge on any atom is -0.374 e. The van der Waals surface area contributed by atoms with Gasteiger partial charge >= 0.3 is 6.18 Å². The van der Waals surface area contributed by atoms with Crippen molar-refractivity contribution in [3.05, 3.63) is 35.4 Å². The molecule has 1 N–H and O–H groups in total. The molecular formula is C15H20F3NO. The summed E-state index contributed by atoms with van der Waals surface area (Å²) < 4.78 is 43.1. The minimum absolute atomic E-state index is 0.0109. The van der Waals surface area contributed by atoms with Gasteiger partial charge in [0.25, 0.3) is 0 Å².